The van der Waals surface area contributed by atoms with E-state index in [9.17, 15) is 0 Å². The van der Waals surface area contributed by atoms with Crippen LogP contribution in [0.4, 0.5) is 0 Å². The van der Waals surface area contributed by atoms with Crippen LogP contribution in [0.2, 0.25) is 0 Å². The van der Waals surface area contributed by atoms with Gasteiger partial charge in [0, 0.05) is 37.6 Å². The maximum atomic E-state index is 5.44. The molecule has 3 atom stereocenters. The first-order chi connectivity index (χ1) is 9.08. The Bertz CT molecular complexity index is 361. The number of nitrogens with one attached hydrogen (secondary N) is 1. The third-order valence-electron chi connectivity index (χ3n) is 4.31. The van der Waals surface area contributed by atoms with Crippen molar-refractivity contribution in [1.29, 1.82) is 0 Å². The van der Waals surface area contributed by atoms with E-state index in [1.165, 1.54) is 6.42 Å². The van der Waals surface area contributed by atoms with Crippen LogP contribution in [0.15, 0.2) is 22.8 Å². The molecule has 1 fully saturated rings. The molecule has 0 bridgehead atoms. The molecular formula is C16H28N2O. The lowest BCUT2D eigenvalue weighted by atomic mass is 9.95. The normalized spacial score (nSPS) is 26.8. The van der Waals surface area contributed by atoms with E-state index in [1.54, 1.807) is 6.26 Å². The maximum absolute atomic E-state index is 5.44. The first-order valence-electron chi connectivity index (χ1n) is 7.59. The molecule has 1 aromatic rings. The van der Waals surface area contributed by atoms with E-state index in [-0.39, 0.29) is 0 Å². The minimum atomic E-state index is 0.598. The Morgan fingerprint density at radius 2 is 2.21 bits per heavy atom. The third-order valence-corrected chi connectivity index (χ3v) is 4.31. The molecule has 1 aromatic heterocycles. The van der Waals surface area contributed by atoms with Crippen molar-refractivity contribution in [3.05, 3.63) is 24.2 Å². The number of furan rings is 1. The summed E-state index contributed by atoms with van der Waals surface area (Å²) in [7, 11) is 0. The van der Waals surface area contributed by atoms with Crippen molar-refractivity contribution in [1.82, 2.24) is 10.2 Å². The van der Waals surface area contributed by atoms with Gasteiger partial charge < -0.3 is 9.73 Å². The summed E-state index contributed by atoms with van der Waals surface area (Å²) in [5, 5.41) is 3.61. The number of nitrogens with zero attached hydrogens (tertiary/aromatic N) is 1. The molecule has 0 radical (unpaired) electrons. The Kier molecular flexibility index (Phi) is 5.06. The van der Waals surface area contributed by atoms with Crippen LogP contribution in [-0.2, 0) is 6.42 Å². The number of rotatable bonds is 5. The van der Waals surface area contributed by atoms with Crippen molar-refractivity contribution in [3.63, 3.8) is 0 Å². The van der Waals surface area contributed by atoms with Crippen LogP contribution in [0.1, 0.15) is 39.9 Å². The van der Waals surface area contributed by atoms with Crippen molar-refractivity contribution in [3.8, 4) is 0 Å². The predicted molar refractivity (Wildman–Crippen MR) is 79.3 cm³/mol. The molecular weight excluding hydrogens is 236 g/mol. The van der Waals surface area contributed by atoms with E-state index in [0.717, 1.165) is 25.3 Å². The summed E-state index contributed by atoms with van der Waals surface area (Å²) < 4.78 is 5.44. The minimum absolute atomic E-state index is 0.598. The number of aryl methyl sites for hydroxylation is 1. The summed E-state index contributed by atoms with van der Waals surface area (Å²) in [6.07, 6.45) is 3.98. The zero-order chi connectivity index (χ0) is 13.8. The van der Waals surface area contributed by atoms with Crippen LogP contribution in [0.25, 0.3) is 0 Å². The Morgan fingerprint density at radius 3 is 2.84 bits per heavy atom. The number of hydrogen-bond donors (Lipinski definition) is 1. The summed E-state index contributed by atoms with van der Waals surface area (Å²) in [6.45, 7) is 11.6. The quantitative estimate of drug-likeness (QED) is 0.886. The van der Waals surface area contributed by atoms with Gasteiger partial charge in [-0.25, -0.2) is 0 Å². The second kappa shape index (κ2) is 6.58. The molecule has 0 aromatic carbocycles. The molecule has 0 saturated carbocycles. The van der Waals surface area contributed by atoms with Crippen LogP contribution in [-0.4, -0.2) is 36.1 Å². The van der Waals surface area contributed by atoms with Crippen molar-refractivity contribution in [2.75, 3.05) is 13.1 Å². The summed E-state index contributed by atoms with van der Waals surface area (Å²) >= 11 is 0. The van der Waals surface area contributed by atoms with Crippen molar-refractivity contribution in [2.24, 2.45) is 5.92 Å². The number of piperazine rings is 1. The lowest BCUT2D eigenvalue weighted by molar-refractivity contribution is 0.0621. The molecule has 1 saturated heterocycles. The molecule has 2 heterocycles. The predicted octanol–water partition coefficient (Wildman–Crippen LogP) is 2.92. The fraction of sp³-hybridized carbons (Fsp3) is 0.750. The van der Waals surface area contributed by atoms with Gasteiger partial charge in [0.05, 0.1) is 6.26 Å². The van der Waals surface area contributed by atoms with Gasteiger partial charge in [0.2, 0.25) is 0 Å². The monoisotopic (exact) mass is 264 g/mol. The topological polar surface area (TPSA) is 28.4 Å². The van der Waals surface area contributed by atoms with E-state index in [1.807, 2.05) is 6.07 Å². The van der Waals surface area contributed by atoms with Gasteiger partial charge in [0.15, 0.2) is 0 Å². The van der Waals surface area contributed by atoms with E-state index in [2.05, 4.69) is 44.0 Å². The molecule has 3 unspecified atom stereocenters. The molecule has 19 heavy (non-hydrogen) atoms. The molecule has 1 N–H and O–H groups in total. The van der Waals surface area contributed by atoms with Crippen LogP contribution in [0.5, 0.6) is 0 Å². The first kappa shape index (κ1) is 14.6. The van der Waals surface area contributed by atoms with Gasteiger partial charge in [-0.1, -0.05) is 13.8 Å². The highest BCUT2D eigenvalue weighted by molar-refractivity contribution is 4.99. The van der Waals surface area contributed by atoms with Crippen LogP contribution >= 0.6 is 0 Å². The second-order valence-corrected chi connectivity index (χ2v) is 6.28. The fourth-order valence-corrected chi connectivity index (χ4v) is 3.05. The Balaban J connectivity index is 1.92. The van der Waals surface area contributed by atoms with Crippen LogP contribution in [0.3, 0.4) is 0 Å². The van der Waals surface area contributed by atoms with Gasteiger partial charge in [-0.15, -0.1) is 0 Å². The summed E-state index contributed by atoms with van der Waals surface area (Å²) in [4.78, 5) is 2.69. The van der Waals surface area contributed by atoms with E-state index >= 15 is 0 Å². The lowest BCUT2D eigenvalue weighted by Crippen LogP contribution is -2.59. The Morgan fingerprint density at radius 1 is 1.42 bits per heavy atom. The van der Waals surface area contributed by atoms with E-state index in [4.69, 9.17) is 4.42 Å². The Hall–Kier alpha value is -0.800. The van der Waals surface area contributed by atoms with Gasteiger partial charge in [-0.3, -0.25) is 4.90 Å². The molecule has 0 amide bonds. The Labute approximate surface area is 117 Å². The van der Waals surface area contributed by atoms with Gasteiger partial charge in [-0.05, 0) is 38.3 Å². The molecule has 1 aliphatic heterocycles. The summed E-state index contributed by atoms with van der Waals surface area (Å²) in [5.41, 5.74) is 0. The van der Waals surface area contributed by atoms with Crippen LogP contribution < -0.4 is 5.32 Å². The van der Waals surface area contributed by atoms with E-state index in [0.29, 0.717) is 24.0 Å². The molecule has 3 nitrogen and oxygen atoms in total. The fourth-order valence-electron chi connectivity index (χ4n) is 3.05. The molecule has 2 rings (SSSR count). The highest BCUT2D eigenvalue weighted by atomic mass is 16.3. The van der Waals surface area contributed by atoms with Crippen molar-refractivity contribution in [2.45, 2.75) is 58.7 Å². The average Bonchev–Trinajstić information content (AvgIpc) is 2.88. The summed E-state index contributed by atoms with van der Waals surface area (Å²) in [6, 6.07) is 5.92. The molecule has 108 valence electrons. The van der Waals surface area contributed by atoms with Gasteiger partial charge in [0.25, 0.3) is 0 Å². The third kappa shape index (κ3) is 3.83. The minimum Gasteiger partial charge on any atom is -0.469 e. The zero-order valence-electron chi connectivity index (χ0n) is 12.7. The largest absolute Gasteiger partial charge is 0.469 e. The van der Waals surface area contributed by atoms with Gasteiger partial charge in [-0.2, -0.15) is 0 Å². The van der Waals surface area contributed by atoms with Gasteiger partial charge >= 0.3 is 0 Å². The smallest absolute Gasteiger partial charge is 0.103 e. The zero-order valence-corrected chi connectivity index (χ0v) is 12.7. The molecule has 0 spiro atoms. The maximum Gasteiger partial charge on any atom is 0.103 e. The lowest BCUT2D eigenvalue weighted by Gasteiger charge is -2.45. The molecule has 1 aliphatic rings. The number of hydrogen-bond acceptors (Lipinski definition) is 3. The highest BCUT2D eigenvalue weighted by Crippen LogP contribution is 2.20. The van der Waals surface area contributed by atoms with Gasteiger partial charge in [0.1, 0.15) is 5.76 Å². The second-order valence-electron chi connectivity index (χ2n) is 6.28. The molecule has 0 aliphatic carbocycles. The molecule has 3 heteroatoms. The standard InChI is InChI=1S/C16H28N2O/c1-12(2)16-10-17-13(3)11-18(16)14(4)7-8-15-6-5-9-19-15/h5-6,9,12-14,16-17H,7-8,10-11H2,1-4H3. The van der Waals surface area contributed by atoms with E-state index < -0.39 is 0 Å². The average molecular weight is 264 g/mol. The summed E-state index contributed by atoms with van der Waals surface area (Å²) in [5.74, 6) is 1.81. The van der Waals surface area contributed by atoms with Crippen molar-refractivity contribution >= 4 is 0 Å². The van der Waals surface area contributed by atoms with Crippen LogP contribution in [0, 0.1) is 5.92 Å². The van der Waals surface area contributed by atoms with Crippen molar-refractivity contribution < 1.29 is 4.42 Å². The first-order valence-corrected chi connectivity index (χ1v) is 7.59. The highest BCUT2D eigenvalue weighted by Gasteiger charge is 2.30. The SMILES string of the molecule is CC1CN(C(C)CCc2ccco2)C(C(C)C)CN1.